The van der Waals surface area contributed by atoms with Crippen LogP contribution in [0.4, 0.5) is 0 Å². The number of nitrogens with two attached hydrogens (primary N) is 1. The van der Waals surface area contributed by atoms with E-state index in [0.717, 1.165) is 18.4 Å². The third-order valence-electron chi connectivity index (χ3n) is 3.22. The highest BCUT2D eigenvalue weighted by Crippen LogP contribution is 2.12. The second-order valence-corrected chi connectivity index (χ2v) is 4.89. The highest BCUT2D eigenvalue weighted by molar-refractivity contribution is 5.81. The van der Waals surface area contributed by atoms with Gasteiger partial charge in [-0.05, 0) is 18.9 Å². The first-order valence-corrected chi connectivity index (χ1v) is 6.85. The molecule has 1 amide bonds. The Morgan fingerprint density at radius 1 is 1.37 bits per heavy atom. The van der Waals surface area contributed by atoms with Crippen LogP contribution in [-0.4, -0.2) is 23.2 Å². The molecule has 0 saturated heterocycles. The summed E-state index contributed by atoms with van der Waals surface area (Å²) in [5, 5.41) is 12.7. The summed E-state index contributed by atoms with van der Waals surface area (Å²) in [7, 11) is 0. The van der Waals surface area contributed by atoms with Gasteiger partial charge in [-0.2, -0.15) is 0 Å². The summed E-state index contributed by atoms with van der Waals surface area (Å²) < 4.78 is 0. The van der Waals surface area contributed by atoms with E-state index in [0.29, 0.717) is 6.42 Å². The van der Waals surface area contributed by atoms with E-state index < -0.39 is 18.1 Å². The number of aliphatic hydroxyl groups is 1. The standard InChI is InChI=1S/C15H24N2O2/c1-3-4-10-13(16)14(18)15(19)17-11(2)12-8-6-5-7-9-12/h5-9,11,13-14,18H,3-4,10,16H2,1-2H3,(H,17,19)/t11-,13+,14+/m1/s1. The number of aliphatic hydroxyl groups excluding tert-OH is 1. The molecule has 1 aromatic rings. The smallest absolute Gasteiger partial charge is 0.250 e. The van der Waals surface area contributed by atoms with Gasteiger partial charge in [0.15, 0.2) is 0 Å². The minimum Gasteiger partial charge on any atom is -0.382 e. The van der Waals surface area contributed by atoms with Crippen molar-refractivity contribution in [3.05, 3.63) is 35.9 Å². The number of hydrogen-bond acceptors (Lipinski definition) is 3. The molecule has 0 aliphatic heterocycles. The Kier molecular flexibility index (Phi) is 6.53. The maximum atomic E-state index is 11.9. The number of amides is 1. The zero-order valence-corrected chi connectivity index (χ0v) is 11.7. The lowest BCUT2D eigenvalue weighted by atomic mass is 10.0. The molecule has 4 heteroatoms. The minimum absolute atomic E-state index is 0.137. The average molecular weight is 264 g/mol. The Morgan fingerprint density at radius 3 is 2.58 bits per heavy atom. The van der Waals surface area contributed by atoms with E-state index in [4.69, 9.17) is 5.73 Å². The molecule has 4 nitrogen and oxygen atoms in total. The first-order chi connectivity index (χ1) is 9.06. The molecule has 0 heterocycles. The van der Waals surface area contributed by atoms with Crippen LogP contribution in [-0.2, 0) is 4.79 Å². The quantitative estimate of drug-likeness (QED) is 0.702. The lowest BCUT2D eigenvalue weighted by Crippen LogP contribution is -2.46. The minimum atomic E-state index is -1.14. The van der Waals surface area contributed by atoms with Gasteiger partial charge in [-0.1, -0.05) is 50.1 Å². The van der Waals surface area contributed by atoms with Crippen LogP contribution in [0.15, 0.2) is 30.3 Å². The Bertz CT molecular complexity index is 381. The molecule has 0 aliphatic carbocycles. The molecule has 3 atom stereocenters. The van der Waals surface area contributed by atoms with Crippen LogP contribution in [0.2, 0.25) is 0 Å². The average Bonchev–Trinajstić information content (AvgIpc) is 2.44. The molecule has 0 bridgehead atoms. The van der Waals surface area contributed by atoms with Gasteiger partial charge in [-0.3, -0.25) is 4.79 Å². The van der Waals surface area contributed by atoms with Crippen molar-refractivity contribution in [2.75, 3.05) is 0 Å². The second-order valence-electron chi connectivity index (χ2n) is 4.89. The maximum Gasteiger partial charge on any atom is 0.250 e. The number of benzene rings is 1. The summed E-state index contributed by atoms with van der Waals surface area (Å²) in [5.41, 5.74) is 6.81. The van der Waals surface area contributed by atoms with Gasteiger partial charge in [0.1, 0.15) is 6.10 Å². The van der Waals surface area contributed by atoms with Crippen molar-refractivity contribution in [3.63, 3.8) is 0 Å². The lowest BCUT2D eigenvalue weighted by Gasteiger charge is -2.21. The molecule has 0 unspecified atom stereocenters. The van der Waals surface area contributed by atoms with Crippen molar-refractivity contribution >= 4 is 5.91 Å². The SMILES string of the molecule is CCCC[C@H](N)[C@H](O)C(=O)N[C@H](C)c1ccccc1. The van der Waals surface area contributed by atoms with Crippen molar-refractivity contribution in [2.24, 2.45) is 5.73 Å². The number of hydrogen-bond donors (Lipinski definition) is 3. The molecular formula is C15H24N2O2. The fourth-order valence-corrected chi connectivity index (χ4v) is 1.92. The Hall–Kier alpha value is -1.39. The van der Waals surface area contributed by atoms with Crippen molar-refractivity contribution in [3.8, 4) is 0 Å². The van der Waals surface area contributed by atoms with E-state index in [1.807, 2.05) is 37.3 Å². The van der Waals surface area contributed by atoms with Crippen LogP contribution < -0.4 is 11.1 Å². The number of nitrogens with one attached hydrogen (secondary N) is 1. The van der Waals surface area contributed by atoms with Crippen molar-refractivity contribution in [1.29, 1.82) is 0 Å². The van der Waals surface area contributed by atoms with Crippen LogP contribution >= 0.6 is 0 Å². The van der Waals surface area contributed by atoms with Crippen LogP contribution in [0.1, 0.15) is 44.7 Å². The summed E-state index contributed by atoms with van der Waals surface area (Å²) in [6.07, 6.45) is 1.44. The number of carbonyl (C=O) groups excluding carboxylic acids is 1. The van der Waals surface area contributed by atoms with Crippen molar-refractivity contribution < 1.29 is 9.90 Å². The first-order valence-electron chi connectivity index (χ1n) is 6.85. The van der Waals surface area contributed by atoms with Crippen molar-refractivity contribution in [1.82, 2.24) is 5.32 Å². The fourth-order valence-electron chi connectivity index (χ4n) is 1.92. The Morgan fingerprint density at radius 2 is 2.00 bits per heavy atom. The van der Waals surface area contributed by atoms with E-state index in [2.05, 4.69) is 12.2 Å². The third kappa shape index (κ3) is 5.01. The largest absolute Gasteiger partial charge is 0.382 e. The monoisotopic (exact) mass is 264 g/mol. The normalized spacial score (nSPS) is 15.6. The van der Waals surface area contributed by atoms with Gasteiger partial charge in [0, 0.05) is 6.04 Å². The van der Waals surface area contributed by atoms with E-state index in [1.165, 1.54) is 0 Å². The van der Waals surface area contributed by atoms with Gasteiger partial charge in [0.2, 0.25) is 0 Å². The fraction of sp³-hybridized carbons (Fsp3) is 0.533. The highest BCUT2D eigenvalue weighted by atomic mass is 16.3. The predicted octanol–water partition coefficient (Wildman–Crippen LogP) is 1.74. The van der Waals surface area contributed by atoms with Crippen LogP contribution in [0.3, 0.4) is 0 Å². The van der Waals surface area contributed by atoms with Crippen LogP contribution in [0.25, 0.3) is 0 Å². The molecule has 0 radical (unpaired) electrons. The number of unbranched alkanes of at least 4 members (excludes halogenated alkanes) is 1. The molecule has 0 aromatic heterocycles. The van der Waals surface area contributed by atoms with E-state index in [9.17, 15) is 9.90 Å². The summed E-state index contributed by atoms with van der Waals surface area (Å²) in [5.74, 6) is -0.403. The van der Waals surface area contributed by atoms with E-state index in [-0.39, 0.29) is 6.04 Å². The molecule has 106 valence electrons. The van der Waals surface area contributed by atoms with Crippen molar-refractivity contribution in [2.45, 2.75) is 51.3 Å². The lowest BCUT2D eigenvalue weighted by molar-refractivity contribution is -0.131. The van der Waals surface area contributed by atoms with Gasteiger partial charge in [0.25, 0.3) is 5.91 Å². The molecule has 1 rings (SSSR count). The summed E-state index contributed by atoms with van der Waals surface area (Å²) >= 11 is 0. The molecule has 0 fully saturated rings. The summed E-state index contributed by atoms with van der Waals surface area (Å²) in [6, 6.07) is 9.00. The van der Waals surface area contributed by atoms with Crippen LogP contribution in [0, 0.1) is 0 Å². The maximum absolute atomic E-state index is 11.9. The van der Waals surface area contributed by atoms with E-state index >= 15 is 0 Å². The Labute approximate surface area is 115 Å². The zero-order valence-electron chi connectivity index (χ0n) is 11.7. The van der Waals surface area contributed by atoms with Gasteiger partial charge in [0.05, 0.1) is 6.04 Å². The molecular weight excluding hydrogens is 240 g/mol. The van der Waals surface area contributed by atoms with Gasteiger partial charge in [-0.25, -0.2) is 0 Å². The highest BCUT2D eigenvalue weighted by Gasteiger charge is 2.23. The first kappa shape index (κ1) is 15.7. The Balaban J connectivity index is 2.50. The van der Waals surface area contributed by atoms with Gasteiger partial charge in [-0.15, -0.1) is 0 Å². The molecule has 0 spiro atoms. The van der Waals surface area contributed by atoms with Gasteiger partial charge < -0.3 is 16.2 Å². The van der Waals surface area contributed by atoms with Gasteiger partial charge >= 0.3 is 0 Å². The predicted molar refractivity (Wildman–Crippen MR) is 76.5 cm³/mol. The number of carbonyl (C=O) groups is 1. The molecule has 0 aliphatic rings. The summed E-state index contributed by atoms with van der Waals surface area (Å²) in [6.45, 7) is 3.94. The third-order valence-corrected chi connectivity index (χ3v) is 3.22. The van der Waals surface area contributed by atoms with E-state index in [1.54, 1.807) is 0 Å². The number of rotatable bonds is 7. The molecule has 4 N–H and O–H groups in total. The van der Waals surface area contributed by atoms with Crippen LogP contribution in [0.5, 0.6) is 0 Å². The molecule has 19 heavy (non-hydrogen) atoms. The second kappa shape index (κ2) is 7.92. The topological polar surface area (TPSA) is 75.3 Å². The molecule has 0 saturated carbocycles. The summed E-state index contributed by atoms with van der Waals surface area (Å²) in [4.78, 5) is 11.9. The molecule has 1 aromatic carbocycles. The zero-order chi connectivity index (χ0) is 14.3.